The molecule has 6 nitrogen and oxygen atoms in total. The molecule has 1 heterocycles. The number of nitrogens with zero attached hydrogens (tertiary/aromatic N) is 2. The largest absolute Gasteiger partial charge is 0.370 e. The summed E-state index contributed by atoms with van der Waals surface area (Å²) < 4.78 is 0. The van der Waals surface area contributed by atoms with Crippen molar-refractivity contribution in [2.24, 2.45) is 10.7 Å². The van der Waals surface area contributed by atoms with Gasteiger partial charge in [0.2, 0.25) is 0 Å². The molecule has 2 aromatic rings. The molecule has 0 aliphatic carbocycles. The predicted octanol–water partition coefficient (Wildman–Crippen LogP) is 4.17. The first-order valence-corrected chi connectivity index (χ1v) is 8.88. The number of nitrogens with two attached hydrogens (primary N) is 1. The first-order valence-electron chi connectivity index (χ1n) is 8.88. The molecule has 27 heavy (non-hydrogen) atoms. The summed E-state index contributed by atoms with van der Waals surface area (Å²) in [5, 5.41) is 6.04. The second-order valence-electron chi connectivity index (χ2n) is 6.52. The number of urea groups is 1. The van der Waals surface area contributed by atoms with Crippen LogP contribution < -0.4 is 16.4 Å². The number of carbonyl (C=O) groups is 1. The van der Waals surface area contributed by atoms with E-state index in [9.17, 15) is 4.79 Å². The fraction of sp³-hybridized carbons (Fsp3) is 0.300. The lowest BCUT2D eigenvalue weighted by Gasteiger charge is -2.16. The first kappa shape index (κ1) is 21.0. The molecule has 0 bridgehead atoms. The van der Waals surface area contributed by atoms with Gasteiger partial charge in [0.05, 0.1) is 6.54 Å². The topological polar surface area (TPSA) is 82.7 Å². The summed E-state index contributed by atoms with van der Waals surface area (Å²) in [6, 6.07) is 15.6. The Kier molecular flexibility index (Phi) is 7.90. The molecule has 1 aliphatic rings. The van der Waals surface area contributed by atoms with Crippen LogP contribution in [0, 0.1) is 6.92 Å². The molecule has 3 rings (SSSR count). The molecule has 1 saturated heterocycles. The number of rotatable bonds is 4. The van der Waals surface area contributed by atoms with E-state index in [2.05, 4.69) is 15.6 Å². The minimum absolute atomic E-state index is 0. The average Bonchev–Trinajstić information content (AvgIpc) is 3.15. The number of hydrogen-bond donors (Lipinski definition) is 3. The molecule has 4 N–H and O–H groups in total. The number of anilines is 2. The third kappa shape index (κ3) is 6.42. The number of aryl methyl sites for hydroxylation is 1. The van der Waals surface area contributed by atoms with Crippen molar-refractivity contribution in [3.63, 3.8) is 0 Å². The van der Waals surface area contributed by atoms with Crippen LogP contribution in [-0.4, -0.2) is 30.0 Å². The van der Waals surface area contributed by atoms with Gasteiger partial charge < -0.3 is 21.3 Å². The maximum absolute atomic E-state index is 12.2. The van der Waals surface area contributed by atoms with E-state index >= 15 is 0 Å². The van der Waals surface area contributed by atoms with E-state index in [4.69, 9.17) is 5.73 Å². The van der Waals surface area contributed by atoms with Gasteiger partial charge in [-0.3, -0.25) is 0 Å². The van der Waals surface area contributed by atoms with Crippen molar-refractivity contribution < 1.29 is 4.79 Å². The first-order chi connectivity index (χ1) is 12.6. The van der Waals surface area contributed by atoms with Crippen LogP contribution in [0.4, 0.5) is 16.2 Å². The van der Waals surface area contributed by atoms with Gasteiger partial charge in [0.15, 0.2) is 5.96 Å². The number of carbonyl (C=O) groups excluding carboxylic acids is 1. The summed E-state index contributed by atoms with van der Waals surface area (Å²) in [6.45, 7) is 4.13. The molecule has 144 valence electrons. The standard InChI is InChI=1S/C20H25N5O.HI/c1-15-6-4-8-17(12-15)23-19(21)22-14-16-7-5-9-18(13-16)24-20(26)25-10-2-3-11-25;/h4-9,12-13H,2-3,10-11,14H2,1H3,(H,24,26)(H3,21,22,23);1H. The van der Waals surface area contributed by atoms with Crippen LogP contribution in [0.5, 0.6) is 0 Å². The third-order valence-electron chi connectivity index (χ3n) is 4.29. The molecule has 0 atom stereocenters. The number of halogens is 1. The van der Waals surface area contributed by atoms with Gasteiger partial charge in [-0.1, -0.05) is 24.3 Å². The van der Waals surface area contributed by atoms with Crippen molar-refractivity contribution in [2.75, 3.05) is 23.7 Å². The highest BCUT2D eigenvalue weighted by Gasteiger charge is 2.17. The van der Waals surface area contributed by atoms with Gasteiger partial charge in [0.25, 0.3) is 0 Å². The summed E-state index contributed by atoms with van der Waals surface area (Å²) >= 11 is 0. The van der Waals surface area contributed by atoms with Crippen LogP contribution >= 0.6 is 24.0 Å². The summed E-state index contributed by atoms with van der Waals surface area (Å²) in [7, 11) is 0. The molecule has 2 aromatic carbocycles. The number of benzene rings is 2. The van der Waals surface area contributed by atoms with E-state index in [0.29, 0.717) is 12.5 Å². The highest BCUT2D eigenvalue weighted by atomic mass is 127. The molecule has 7 heteroatoms. The second-order valence-corrected chi connectivity index (χ2v) is 6.52. The monoisotopic (exact) mass is 479 g/mol. The van der Waals surface area contributed by atoms with Crippen LogP contribution in [0.1, 0.15) is 24.0 Å². The lowest BCUT2D eigenvalue weighted by atomic mass is 10.2. The van der Waals surface area contributed by atoms with Crippen LogP contribution in [-0.2, 0) is 6.54 Å². The maximum atomic E-state index is 12.2. The number of likely N-dealkylation sites (tertiary alicyclic amines) is 1. The van der Waals surface area contributed by atoms with E-state index in [1.165, 1.54) is 0 Å². The molecule has 0 radical (unpaired) electrons. The van der Waals surface area contributed by atoms with Gasteiger partial charge >= 0.3 is 6.03 Å². The fourth-order valence-corrected chi connectivity index (χ4v) is 2.96. The van der Waals surface area contributed by atoms with Gasteiger partial charge in [-0.15, -0.1) is 24.0 Å². The summed E-state index contributed by atoms with van der Waals surface area (Å²) in [5.74, 6) is 0.363. The lowest BCUT2D eigenvalue weighted by Crippen LogP contribution is -2.32. The molecule has 0 aromatic heterocycles. The Morgan fingerprint density at radius 1 is 1.07 bits per heavy atom. The van der Waals surface area contributed by atoms with Crippen molar-refractivity contribution >= 4 is 47.3 Å². The highest BCUT2D eigenvalue weighted by molar-refractivity contribution is 14.0. The zero-order valence-corrected chi connectivity index (χ0v) is 17.8. The Bertz CT molecular complexity index is 802. The number of guanidine groups is 1. The van der Waals surface area contributed by atoms with Crippen molar-refractivity contribution in [3.8, 4) is 0 Å². The minimum atomic E-state index is -0.0382. The predicted molar refractivity (Wildman–Crippen MR) is 122 cm³/mol. The molecule has 1 aliphatic heterocycles. The van der Waals surface area contributed by atoms with Crippen LogP contribution in [0.2, 0.25) is 0 Å². The van der Waals surface area contributed by atoms with E-state index in [1.54, 1.807) is 0 Å². The Morgan fingerprint density at radius 3 is 2.44 bits per heavy atom. The molecular weight excluding hydrogens is 453 g/mol. The van der Waals surface area contributed by atoms with E-state index in [1.807, 2.05) is 60.4 Å². The van der Waals surface area contributed by atoms with Gasteiger partial charge in [-0.05, 0) is 55.2 Å². The molecule has 0 saturated carbocycles. The van der Waals surface area contributed by atoms with Crippen LogP contribution in [0.3, 0.4) is 0 Å². The van der Waals surface area contributed by atoms with Gasteiger partial charge in [-0.2, -0.15) is 0 Å². The van der Waals surface area contributed by atoms with Crippen LogP contribution in [0.15, 0.2) is 53.5 Å². The van der Waals surface area contributed by atoms with E-state index in [-0.39, 0.29) is 30.0 Å². The Balaban J connectivity index is 0.00000261. The Labute approximate surface area is 177 Å². The summed E-state index contributed by atoms with van der Waals surface area (Å²) in [4.78, 5) is 18.4. The molecule has 0 unspecified atom stereocenters. The highest BCUT2D eigenvalue weighted by Crippen LogP contribution is 2.15. The van der Waals surface area contributed by atoms with E-state index in [0.717, 1.165) is 48.4 Å². The van der Waals surface area contributed by atoms with Crippen LogP contribution in [0.25, 0.3) is 0 Å². The molecule has 1 fully saturated rings. The molecule has 2 amide bonds. The van der Waals surface area contributed by atoms with Gasteiger partial charge in [0, 0.05) is 24.5 Å². The summed E-state index contributed by atoms with van der Waals surface area (Å²) in [5.41, 5.74) is 9.80. The number of aliphatic imine (C=N–C) groups is 1. The smallest absolute Gasteiger partial charge is 0.321 e. The average molecular weight is 479 g/mol. The quantitative estimate of drug-likeness (QED) is 0.350. The molecular formula is C20H26IN5O. The normalized spacial score (nSPS) is 13.8. The SMILES string of the molecule is Cc1cccc(NC(N)=NCc2cccc(NC(=O)N3CCCC3)c2)c1.I. The van der Waals surface area contributed by atoms with E-state index < -0.39 is 0 Å². The fourth-order valence-electron chi connectivity index (χ4n) is 2.96. The van der Waals surface area contributed by atoms with Gasteiger partial charge in [-0.25, -0.2) is 9.79 Å². The zero-order valence-electron chi connectivity index (χ0n) is 15.4. The van der Waals surface area contributed by atoms with Crippen molar-refractivity contribution in [1.29, 1.82) is 0 Å². The number of nitrogens with one attached hydrogen (secondary N) is 2. The second kappa shape index (κ2) is 10.1. The Morgan fingerprint density at radius 2 is 1.74 bits per heavy atom. The number of hydrogen-bond acceptors (Lipinski definition) is 2. The van der Waals surface area contributed by atoms with Gasteiger partial charge in [0.1, 0.15) is 0 Å². The Hall–Kier alpha value is -2.29. The summed E-state index contributed by atoms with van der Waals surface area (Å²) in [6.07, 6.45) is 2.16. The lowest BCUT2D eigenvalue weighted by molar-refractivity contribution is 0.222. The maximum Gasteiger partial charge on any atom is 0.321 e. The van der Waals surface area contributed by atoms with Crippen molar-refractivity contribution in [3.05, 3.63) is 59.7 Å². The third-order valence-corrected chi connectivity index (χ3v) is 4.29. The molecule has 0 spiro atoms. The minimum Gasteiger partial charge on any atom is -0.370 e. The van der Waals surface area contributed by atoms with Crippen molar-refractivity contribution in [1.82, 2.24) is 4.90 Å². The zero-order chi connectivity index (χ0) is 18.4. The number of amides is 2. The van der Waals surface area contributed by atoms with Crippen molar-refractivity contribution in [2.45, 2.75) is 26.3 Å².